The fourth-order valence-corrected chi connectivity index (χ4v) is 1.59. The molecule has 3 N–H and O–H groups in total. The number of aliphatic imine (C=N–C) groups is 1. The van der Waals surface area contributed by atoms with Crippen LogP contribution in [-0.2, 0) is 0 Å². The molecule has 0 bridgehead atoms. The molecule has 1 fully saturated rings. The van der Waals surface area contributed by atoms with Gasteiger partial charge in [0.2, 0.25) is 0 Å². The van der Waals surface area contributed by atoms with Crippen LogP contribution in [0.25, 0.3) is 0 Å². The number of benzene rings is 1. The van der Waals surface area contributed by atoms with Crippen molar-refractivity contribution in [3.8, 4) is 5.75 Å². The number of nitrogens with one attached hydrogen (secondary N) is 1. The molecule has 2 rings (SSSR count). The summed E-state index contributed by atoms with van der Waals surface area (Å²) in [5.74, 6) is 1.41. The predicted octanol–water partition coefficient (Wildman–Crippen LogP) is 1.83. The van der Waals surface area contributed by atoms with E-state index in [2.05, 4.69) is 17.2 Å². The lowest BCUT2D eigenvalue weighted by atomic mass is 10.2. The van der Waals surface area contributed by atoms with Gasteiger partial charge in [-0.3, -0.25) is 4.99 Å². The first-order valence-corrected chi connectivity index (χ1v) is 6.43. The lowest BCUT2D eigenvalue weighted by Crippen LogP contribution is -2.41. The van der Waals surface area contributed by atoms with Crippen molar-refractivity contribution in [1.29, 1.82) is 0 Å². The maximum atomic E-state index is 5.79. The van der Waals surface area contributed by atoms with Gasteiger partial charge in [0.25, 0.3) is 0 Å². The summed E-state index contributed by atoms with van der Waals surface area (Å²) in [5.41, 5.74) is 7.02. The van der Waals surface area contributed by atoms with E-state index in [-0.39, 0.29) is 6.04 Å². The molecule has 1 aromatic rings. The highest BCUT2D eigenvalue weighted by atomic mass is 16.5. The van der Waals surface area contributed by atoms with E-state index in [0.29, 0.717) is 18.6 Å². The molecular formula is C14H21N3O. The minimum absolute atomic E-state index is 0.147. The lowest BCUT2D eigenvalue weighted by Gasteiger charge is -2.15. The van der Waals surface area contributed by atoms with Crippen LogP contribution in [0.5, 0.6) is 5.75 Å². The zero-order valence-electron chi connectivity index (χ0n) is 11.0. The molecule has 98 valence electrons. The standard InChI is InChI=1S/C14H21N3O/c1-10-3-7-13(8-4-10)18-9-11(2)16-14(15)17-12-5-6-12/h3-4,7-8,11-12H,5-6,9H2,1-2H3,(H3,15,16,17). The quantitative estimate of drug-likeness (QED) is 0.616. The number of nitrogens with zero attached hydrogens (tertiary/aromatic N) is 1. The van der Waals surface area contributed by atoms with Gasteiger partial charge in [0, 0.05) is 0 Å². The van der Waals surface area contributed by atoms with Crippen LogP contribution in [-0.4, -0.2) is 24.7 Å². The molecule has 0 spiro atoms. The van der Waals surface area contributed by atoms with E-state index >= 15 is 0 Å². The van der Waals surface area contributed by atoms with E-state index in [1.807, 2.05) is 31.2 Å². The van der Waals surface area contributed by atoms with Crippen molar-refractivity contribution in [2.75, 3.05) is 6.61 Å². The Morgan fingerprint density at radius 3 is 2.72 bits per heavy atom. The summed E-state index contributed by atoms with van der Waals surface area (Å²) in [6, 6.07) is 8.62. The fraction of sp³-hybridized carbons (Fsp3) is 0.500. The molecule has 1 saturated carbocycles. The maximum Gasteiger partial charge on any atom is 0.189 e. The van der Waals surface area contributed by atoms with Gasteiger partial charge >= 0.3 is 0 Å². The molecule has 1 aliphatic rings. The van der Waals surface area contributed by atoms with Crippen molar-refractivity contribution < 1.29 is 4.74 Å². The number of nitrogens with two attached hydrogens (primary N) is 1. The third kappa shape index (κ3) is 4.28. The molecule has 1 aliphatic carbocycles. The summed E-state index contributed by atoms with van der Waals surface area (Å²) in [6.45, 7) is 4.66. The Bertz CT molecular complexity index is 410. The van der Waals surface area contributed by atoms with Gasteiger partial charge in [-0.1, -0.05) is 17.7 Å². The molecule has 0 heterocycles. The Labute approximate surface area is 108 Å². The van der Waals surface area contributed by atoms with E-state index in [1.54, 1.807) is 0 Å². The third-order valence-corrected chi connectivity index (χ3v) is 2.78. The number of guanidine groups is 1. The van der Waals surface area contributed by atoms with Crippen LogP contribution in [0.3, 0.4) is 0 Å². The van der Waals surface area contributed by atoms with Gasteiger partial charge in [-0.2, -0.15) is 0 Å². The largest absolute Gasteiger partial charge is 0.491 e. The summed E-state index contributed by atoms with van der Waals surface area (Å²) in [5, 5.41) is 3.14. The summed E-state index contributed by atoms with van der Waals surface area (Å²) in [4.78, 5) is 4.32. The monoisotopic (exact) mass is 247 g/mol. The molecule has 0 saturated heterocycles. The minimum Gasteiger partial charge on any atom is -0.491 e. The van der Waals surface area contributed by atoms with Gasteiger partial charge in [-0.25, -0.2) is 0 Å². The molecule has 1 unspecified atom stereocenters. The second-order valence-corrected chi connectivity index (χ2v) is 4.91. The van der Waals surface area contributed by atoms with Gasteiger partial charge in [0.1, 0.15) is 12.4 Å². The average Bonchev–Trinajstić information content (AvgIpc) is 3.12. The smallest absolute Gasteiger partial charge is 0.189 e. The summed E-state index contributed by atoms with van der Waals surface area (Å²) in [6.07, 6.45) is 2.33. The number of rotatable bonds is 5. The third-order valence-electron chi connectivity index (χ3n) is 2.78. The van der Waals surface area contributed by atoms with Crippen molar-refractivity contribution in [1.82, 2.24) is 5.32 Å². The molecule has 4 heteroatoms. The normalized spacial score (nSPS) is 17.3. The Morgan fingerprint density at radius 2 is 2.11 bits per heavy atom. The number of aryl methyl sites for hydroxylation is 1. The number of hydrogen-bond donors (Lipinski definition) is 2. The molecular weight excluding hydrogens is 226 g/mol. The van der Waals surface area contributed by atoms with E-state index in [0.717, 1.165) is 18.6 Å². The van der Waals surface area contributed by atoms with Crippen molar-refractivity contribution in [3.05, 3.63) is 29.8 Å². The highest BCUT2D eigenvalue weighted by Crippen LogP contribution is 2.22. The Kier molecular flexibility index (Phi) is 4.07. The molecule has 4 nitrogen and oxygen atoms in total. The Morgan fingerprint density at radius 1 is 1.44 bits per heavy atom. The van der Waals surface area contributed by atoms with Gasteiger partial charge < -0.3 is 15.8 Å². The first kappa shape index (κ1) is 12.7. The highest BCUT2D eigenvalue weighted by molar-refractivity contribution is 5.78. The molecule has 1 atom stereocenters. The Balaban J connectivity index is 1.73. The van der Waals surface area contributed by atoms with E-state index in [4.69, 9.17) is 10.5 Å². The van der Waals surface area contributed by atoms with E-state index in [9.17, 15) is 0 Å². The van der Waals surface area contributed by atoms with Crippen molar-refractivity contribution in [2.45, 2.75) is 38.8 Å². The van der Waals surface area contributed by atoms with Crippen LogP contribution in [0.4, 0.5) is 0 Å². The first-order valence-electron chi connectivity index (χ1n) is 6.43. The molecule has 0 amide bonds. The maximum absolute atomic E-state index is 5.79. The summed E-state index contributed by atoms with van der Waals surface area (Å²) in [7, 11) is 0. The fourth-order valence-electron chi connectivity index (χ4n) is 1.59. The average molecular weight is 247 g/mol. The number of hydrogen-bond acceptors (Lipinski definition) is 2. The summed E-state index contributed by atoms with van der Waals surface area (Å²) < 4.78 is 5.67. The SMILES string of the molecule is Cc1ccc(OCC(C)NC(N)=NC2CC2)cc1. The highest BCUT2D eigenvalue weighted by Gasteiger charge is 2.20. The first-order chi connectivity index (χ1) is 8.63. The zero-order chi connectivity index (χ0) is 13.0. The second kappa shape index (κ2) is 5.76. The van der Waals surface area contributed by atoms with Crippen LogP contribution in [0.15, 0.2) is 29.3 Å². The van der Waals surface area contributed by atoms with E-state index in [1.165, 1.54) is 5.56 Å². The van der Waals surface area contributed by atoms with Crippen LogP contribution < -0.4 is 15.8 Å². The lowest BCUT2D eigenvalue weighted by molar-refractivity contribution is 0.286. The van der Waals surface area contributed by atoms with Gasteiger partial charge in [-0.15, -0.1) is 0 Å². The minimum atomic E-state index is 0.147. The summed E-state index contributed by atoms with van der Waals surface area (Å²) >= 11 is 0. The topological polar surface area (TPSA) is 59.6 Å². The van der Waals surface area contributed by atoms with Crippen LogP contribution in [0, 0.1) is 6.92 Å². The number of ether oxygens (including phenoxy) is 1. The molecule has 0 aromatic heterocycles. The molecule has 1 aromatic carbocycles. The van der Waals surface area contributed by atoms with Gasteiger partial charge in [-0.05, 0) is 38.8 Å². The molecule has 0 radical (unpaired) electrons. The second-order valence-electron chi connectivity index (χ2n) is 4.91. The van der Waals surface area contributed by atoms with E-state index < -0.39 is 0 Å². The van der Waals surface area contributed by atoms with Crippen molar-refractivity contribution in [3.63, 3.8) is 0 Å². The zero-order valence-corrected chi connectivity index (χ0v) is 11.0. The molecule has 0 aliphatic heterocycles. The van der Waals surface area contributed by atoms with Crippen molar-refractivity contribution >= 4 is 5.96 Å². The molecule has 18 heavy (non-hydrogen) atoms. The Hall–Kier alpha value is -1.71. The van der Waals surface area contributed by atoms with Crippen LogP contribution in [0.2, 0.25) is 0 Å². The van der Waals surface area contributed by atoms with Gasteiger partial charge in [0.15, 0.2) is 5.96 Å². The van der Waals surface area contributed by atoms with Gasteiger partial charge in [0.05, 0.1) is 12.1 Å². The van der Waals surface area contributed by atoms with Crippen LogP contribution >= 0.6 is 0 Å². The van der Waals surface area contributed by atoms with Crippen molar-refractivity contribution in [2.24, 2.45) is 10.7 Å². The van der Waals surface area contributed by atoms with Crippen LogP contribution in [0.1, 0.15) is 25.3 Å². The predicted molar refractivity (Wildman–Crippen MR) is 73.9 cm³/mol.